The van der Waals surface area contributed by atoms with Crippen LogP contribution in [0.3, 0.4) is 0 Å². The highest BCUT2D eigenvalue weighted by atomic mass is 35.5. The van der Waals surface area contributed by atoms with E-state index in [4.69, 9.17) is 4.74 Å². The number of halogens is 1. The van der Waals surface area contributed by atoms with Crippen molar-refractivity contribution in [2.75, 3.05) is 26.7 Å². The topological polar surface area (TPSA) is 59.4 Å². The van der Waals surface area contributed by atoms with Crippen LogP contribution in [-0.4, -0.2) is 47.3 Å². The van der Waals surface area contributed by atoms with Gasteiger partial charge in [-0.1, -0.05) is 12.1 Å². The van der Waals surface area contributed by atoms with Crippen molar-refractivity contribution >= 4 is 18.3 Å². The summed E-state index contributed by atoms with van der Waals surface area (Å²) in [5.41, 5.74) is 1.68. The lowest BCUT2D eigenvalue weighted by Gasteiger charge is -2.25. The van der Waals surface area contributed by atoms with Crippen LogP contribution in [-0.2, 0) is 0 Å². The van der Waals surface area contributed by atoms with E-state index >= 15 is 0 Å². The fourth-order valence-corrected chi connectivity index (χ4v) is 4.07. The van der Waals surface area contributed by atoms with Crippen LogP contribution < -0.4 is 10.1 Å². The number of likely N-dealkylation sites (tertiary alicyclic amines) is 1. The summed E-state index contributed by atoms with van der Waals surface area (Å²) in [5, 5.41) is 8.00. The number of carbonyl (C=O) groups is 1. The Balaban J connectivity index is 0.00000210. The zero-order valence-corrected chi connectivity index (χ0v) is 16.5. The molecule has 0 bridgehead atoms. The zero-order valence-electron chi connectivity index (χ0n) is 15.6. The molecule has 3 heterocycles. The molecule has 2 aromatic rings. The maximum absolute atomic E-state index is 13.1. The number of aromatic nitrogens is 2. The first-order valence-corrected chi connectivity index (χ1v) is 9.47. The Morgan fingerprint density at radius 2 is 2.15 bits per heavy atom. The molecule has 2 atom stereocenters. The van der Waals surface area contributed by atoms with E-state index in [0.717, 1.165) is 56.6 Å². The van der Waals surface area contributed by atoms with E-state index in [0.29, 0.717) is 11.7 Å². The van der Waals surface area contributed by atoms with Gasteiger partial charge >= 0.3 is 0 Å². The molecule has 2 fully saturated rings. The molecule has 0 saturated carbocycles. The van der Waals surface area contributed by atoms with Crippen molar-refractivity contribution in [3.63, 3.8) is 0 Å². The maximum Gasteiger partial charge on any atom is 0.274 e. The lowest BCUT2D eigenvalue weighted by molar-refractivity contribution is 0.0728. The number of amides is 1. The predicted octanol–water partition coefficient (Wildman–Crippen LogP) is 3.22. The molecule has 1 N–H and O–H groups in total. The van der Waals surface area contributed by atoms with Crippen molar-refractivity contribution in [1.29, 1.82) is 0 Å². The third-order valence-corrected chi connectivity index (χ3v) is 5.46. The molecule has 1 aromatic heterocycles. The summed E-state index contributed by atoms with van der Waals surface area (Å²) in [6, 6.07) is 10.3. The van der Waals surface area contributed by atoms with Crippen LogP contribution in [0.5, 0.6) is 5.75 Å². The molecule has 0 radical (unpaired) electrons. The number of rotatable bonds is 4. The first-order chi connectivity index (χ1) is 12.8. The smallest absolute Gasteiger partial charge is 0.274 e. The molecule has 146 valence electrons. The highest BCUT2D eigenvalue weighted by Gasteiger charge is 2.32. The molecule has 27 heavy (non-hydrogen) atoms. The largest absolute Gasteiger partial charge is 0.497 e. The summed E-state index contributed by atoms with van der Waals surface area (Å²) in [6.07, 6.45) is 6.20. The lowest BCUT2D eigenvalue weighted by atomic mass is 10.0. The van der Waals surface area contributed by atoms with E-state index in [-0.39, 0.29) is 24.4 Å². The van der Waals surface area contributed by atoms with Crippen LogP contribution in [0, 0.1) is 0 Å². The van der Waals surface area contributed by atoms with Crippen molar-refractivity contribution in [3.05, 3.63) is 47.8 Å². The Labute approximate surface area is 166 Å². The average molecular weight is 391 g/mol. The molecule has 1 aromatic carbocycles. The van der Waals surface area contributed by atoms with E-state index in [1.807, 2.05) is 40.0 Å². The molecular weight excluding hydrogens is 364 g/mol. The molecule has 7 heteroatoms. The Bertz CT molecular complexity index is 773. The van der Waals surface area contributed by atoms with Gasteiger partial charge in [0.1, 0.15) is 11.4 Å². The first-order valence-electron chi connectivity index (χ1n) is 9.47. The first kappa shape index (κ1) is 19.7. The van der Waals surface area contributed by atoms with Crippen molar-refractivity contribution in [1.82, 2.24) is 20.0 Å². The number of nitrogens with zero attached hydrogens (tertiary/aromatic N) is 3. The van der Waals surface area contributed by atoms with Crippen molar-refractivity contribution < 1.29 is 9.53 Å². The number of carbonyl (C=O) groups excluding carboxylic acids is 1. The van der Waals surface area contributed by atoms with Crippen LogP contribution in [0.2, 0.25) is 0 Å². The fraction of sp³-hybridized carbons (Fsp3) is 0.500. The quantitative estimate of drug-likeness (QED) is 0.870. The SMILES string of the molecule is COc1cccc(C2CCCN2C(=O)c2ccn(C3CCCNC3)n2)c1.Cl. The van der Waals surface area contributed by atoms with E-state index in [1.54, 1.807) is 7.11 Å². The van der Waals surface area contributed by atoms with Crippen LogP contribution in [0.25, 0.3) is 0 Å². The molecule has 0 spiro atoms. The highest BCUT2D eigenvalue weighted by Crippen LogP contribution is 2.34. The molecular formula is C20H27ClN4O2. The summed E-state index contributed by atoms with van der Waals surface area (Å²) in [6.45, 7) is 2.77. The number of benzene rings is 1. The Kier molecular flexibility index (Phi) is 6.39. The van der Waals surface area contributed by atoms with Crippen molar-refractivity contribution in [2.45, 2.75) is 37.8 Å². The van der Waals surface area contributed by atoms with Gasteiger partial charge in [0.25, 0.3) is 5.91 Å². The van der Waals surface area contributed by atoms with E-state index in [1.165, 1.54) is 0 Å². The van der Waals surface area contributed by atoms with Crippen LogP contribution in [0.1, 0.15) is 53.8 Å². The number of hydrogen-bond donors (Lipinski definition) is 1. The van der Waals surface area contributed by atoms with Gasteiger partial charge in [0.2, 0.25) is 0 Å². The third-order valence-electron chi connectivity index (χ3n) is 5.46. The standard InChI is InChI=1S/C20H26N4O2.ClH/c1-26-17-7-2-5-15(13-17)19-8-4-11-23(19)20(25)18-9-12-24(22-18)16-6-3-10-21-14-16;/h2,5,7,9,12-13,16,19,21H,3-4,6,8,10-11,14H2,1H3;1H. The van der Waals surface area contributed by atoms with E-state index in [9.17, 15) is 4.79 Å². The molecule has 2 aliphatic rings. The Hall–Kier alpha value is -2.05. The van der Waals surface area contributed by atoms with Gasteiger partial charge < -0.3 is 15.0 Å². The number of methoxy groups -OCH3 is 1. The average Bonchev–Trinajstić information content (AvgIpc) is 3.38. The number of hydrogen-bond acceptors (Lipinski definition) is 4. The summed E-state index contributed by atoms with van der Waals surface area (Å²) in [5.74, 6) is 0.855. The molecule has 0 aliphatic carbocycles. The fourth-order valence-electron chi connectivity index (χ4n) is 4.07. The summed E-state index contributed by atoms with van der Waals surface area (Å²) >= 11 is 0. The monoisotopic (exact) mass is 390 g/mol. The third kappa shape index (κ3) is 4.12. The van der Waals surface area contributed by atoms with Gasteiger partial charge in [0, 0.05) is 19.3 Å². The number of piperidine rings is 1. The van der Waals surface area contributed by atoms with Crippen molar-refractivity contribution in [3.8, 4) is 5.75 Å². The van der Waals surface area contributed by atoms with E-state index in [2.05, 4.69) is 16.5 Å². The van der Waals surface area contributed by atoms with Gasteiger partial charge in [-0.25, -0.2) is 0 Å². The minimum absolute atomic E-state index is 0. The van der Waals surface area contributed by atoms with Crippen LogP contribution >= 0.6 is 12.4 Å². The summed E-state index contributed by atoms with van der Waals surface area (Å²) < 4.78 is 7.29. The number of nitrogens with one attached hydrogen (secondary N) is 1. The van der Waals surface area contributed by atoms with Gasteiger partial charge in [0.15, 0.2) is 0 Å². The molecule has 4 rings (SSSR count). The second-order valence-corrected chi connectivity index (χ2v) is 7.11. The molecule has 2 saturated heterocycles. The van der Waals surface area contributed by atoms with Gasteiger partial charge in [-0.05, 0) is 56.0 Å². The van der Waals surface area contributed by atoms with Gasteiger partial charge in [-0.2, -0.15) is 5.10 Å². The lowest BCUT2D eigenvalue weighted by Crippen LogP contribution is -2.33. The second kappa shape index (κ2) is 8.76. The Morgan fingerprint density at radius 3 is 2.93 bits per heavy atom. The zero-order chi connectivity index (χ0) is 17.9. The van der Waals surface area contributed by atoms with Gasteiger partial charge in [0.05, 0.1) is 19.2 Å². The highest BCUT2D eigenvalue weighted by molar-refractivity contribution is 5.92. The summed E-state index contributed by atoms with van der Waals surface area (Å²) in [7, 11) is 1.67. The van der Waals surface area contributed by atoms with Crippen LogP contribution in [0.15, 0.2) is 36.5 Å². The second-order valence-electron chi connectivity index (χ2n) is 7.11. The predicted molar refractivity (Wildman–Crippen MR) is 107 cm³/mol. The van der Waals surface area contributed by atoms with Gasteiger partial charge in [-0.3, -0.25) is 9.48 Å². The summed E-state index contributed by atoms with van der Waals surface area (Å²) in [4.78, 5) is 15.0. The van der Waals surface area contributed by atoms with Gasteiger partial charge in [-0.15, -0.1) is 12.4 Å². The van der Waals surface area contributed by atoms with Crippen molar-refractivity contribution in [2.24, 2.45) is 0 Å². The number of ether oxygens (including phenoxy) is 1. The minimum atomic E-state index is 0. The molecule has 6 nitrogen and oxygen atoms in total. The minimum Gasteiger partial charge on any atom is -0.497 e. The Morgan fingerprint density at radius 1 is 1.26 bits per heavy atom. The molecule has 1 amide bonds. The van der Waals surface area contributed by atoms with Crippen LogP contribution in [0.4, 0.5) is 0 Å². The molecule has 2 unspecified atom stereocenters. The van der Waals surface area contributed by atoms with E-state index < -0.39 is 0 Å². The normalized spacial score (nSPS) is 22.3. The maximum atomic E-state index is 13.1. The molecule has 2 aliphatic heterocycles.